The number of phenolic OH excluding ortho intramolecular Hbond substituents is 1. The van der Waals surface area contributed by atoms with Gasteiger partial charge >= 0.3 is 5.97 Å². The van der Waals surface area contributed by atoms with Gasteiger partial charge < -0.3 is 20.3 Å². The number of carboxylic acid groups (broad SMARTS) is 1. The molecular formula is C18H20N2O5. The number of methoxy groups -OCH3 is 1. The third kappa shape index (κ3) is 5.49. The molecule has 0 fully saturated rings. The third-order valence-corrected chi connectivity index (χ3v) is 3.68. The van der Waals surface area contributed by atoms with Gasteiger partial charge in [0, 0.05) is 25.2 Å². The van der Waals surface area contributed by atoms with E-state index in [0.29, 0.717) is 12.0 Å². The molecule has 2 rings (SSSR count). The predicted octanol–water partition coefficient (Wildman–Crippen LogP) is 1.54. The first-order chi connectivity index (χ1) is 12.0. The number of rotatable bonds is 8. The van der Waals surface area contributed by atoms with E-state index in [4.69, 9.17) is 4.74 Å². The van der Waals surface area contributed by atoms with Crippen LogP contribution in [0.3, 0.4) is 0 Å². The molecule has 0 saturated heterocycles. The van der Waals surface area contributed by atoms with Crippen molar-refractivity contribution < 1.29 is 24.5 Å². The van der Waals surface area contributed by atoms with E-state index in [0.717, 1.165) is 5.56 Å². The van der Waals surface area contributed by atoms with Gasteiger partial charge in [-0.1, -0.05) is 12.1 Å². The Bertz CT molecular complexity index is 734. The highest BCUT2D eigenvalue weighted by atomic mass is 16.5. The lowest BCUT2D eigenvalue weighted by molar-refractivity contribution is -0.141. The number of aryl methyl sites for hydroxylation is 1. The lowest BCUT2D eigenvalue weighted by Crippen LogP contribution is -2.42. The number of carbonyl (C=O) groups is 2. The second-order valence-electron chi connectivity index (χ2n) is 5.53. The number of aliphatic carboxylic acids is 1. The van der Waals surface area contributed by atoms with Gasteiger partial charge in [0.1, 0.15) is 6.04 Å². The number of benzene rings is 1. The maximum atomic E-state index is 12.0. The van der Waals surface area contributed by atoms with E-state index in [9.17, 15) is 19.8 Å². The fourth-order valence-corrected chi connectivity index (χ4v) is 2.36. The molecule has 3 N–H and O–H groups in total. The molecule has 0 radical (unpaired) electrons. The fraction of sp³-hybridized carbons (Fsp3) is 0.278. The number of amides is 1. The number of pyridine rings is 1. The summed E-state index contributed by atoms with van der Waals surface area (Å²) in [4.78, 5) is 27.4. The predicted molar refractivity (Wildman–Crippen MR) is 90.5 cm³/mol. The van der Waals surface area contributed by atoms with Crippen molar-refractivity contribution in [3.05, 3.63) is 53.9 Å². The van der Waals surface area contributed by atoms with Crippen molar-refractivity contribution >= 4 is 11.9 Å². The number of hydrogen-bond acceptors (Lipinski definition) is 5. The first kappa shape index (κ1) is 18.3. The van der Waals surface area contributed by atoms with Gasteiger partial charge in [-0.25, -0.2) is 4.79 Å². The first-order valence-electron chi connectivity index (χ1n) is 7.76. The molecule has 0 saturated carbocycles. The van der Waals surface area contributed by atoms with Crippen LogP contribution >= 0.6 is 0 Å². The molecule has 2 aromatic rings. The Morgan fingerprint density at radius 2 is 2.08 bits per heavy atom. The van der Waals surface area contributed by atoms with E-state index in [2.05, 4.69) is 10.3 Å². The van der Waals surface area contributed by atoms with E-state index in [-0.39, 0.29) is 30.2 Å². The molecule has 1 unspecified atom stereocenters. The minimum atomic E-state index is -1.12. The molecule has 1 aromatic heterocycles. The Balaban J connectivity index is 1.96. The summed E-state index contributed by atoms with van der Waals surface area (Å²) in [6, 6.07) is 7.15. The fourth-order valence-electron chi connectivity index (χ4n) is 2.36. The molecule has 1 heterocycles. The van der Waals surface area contributed by atoms with Crippen LogP contribution < -0.4 is 10.1 Å². The molecule has 7 heteroatoms. The van der Waals surface area contributed by atoms with Crippen LogP contribution in [0.1, 0.15) is 17.5 Å². The van der Waals surface area contributed by atoms with Crippen molar-refractivity contribution in [2.45, 2.75) is 25.3 Å². The second-order valence-corrected chi connectivity index (χ2v) is 5.53. The topological polar surface area (TPSA) is 109 Å². The molecule has 0 spiro atoms. The number of nitrogens with zero attached hydrogens (tertiary/aromatic N) is 1. The summed E-state index contributed by atoms with van der Waals surface area (Å²) in [5, 5.41) is 21.5. The molecule has 7 nitrogen and oxygen atoms in total. The summed E-state index contributed by atoms with van der Waals surface area (Å²) < 4.78 is 5.01. The monoisotopic (exact) mass is 344 g/mol. The Morgan fingerprint density at radius 3 is 2.72 bits per heavy atom. The zero-order valence-electron chi connectivity index (χ0n) is 13.8. The molecule has 25 heavy (non-hydrogen) atoms. The Labute approximate surface area is 145 Å². The maximum absolute atomic E-state index is 12.0. The average molecular weight is 344 g/mol. The van der Waals surface area contributed by atoms with Crippen molar-refractivity contribution in [1.82, 2.24) is 10.3 Å². The molecule has 1 amide bonds. The summed E-state index contributed by atoms with van der Waals surface area (Å²) in [6.45, 7) is 0. The van der Waals surface area contributed by atoms with Crippen LogP contribution in [0, 0.1) is 0 Å². The minimum absolute atomic E-state index is 0.0290. The third-order valence-electron chi connectivity index (χ3n) is 3.68. The van der Waals surface area contributed by atoms with Crippen LogP contribution in [0.4, 0.5) is 0 Å². The molecule has 0 aliphatic heterocycles. The quantitative estimate of drug-likeness (QED) is 0.670. The Hall–Kier alpha value is -3.09. The zero-order chi connectivity index (χ0) is 18.2. The summed E-state index contributed by atoms with van der Waals surface area (Å²) in [5.41, 5.74) is 1.54. The first-order valence-corrected chi connectivity index (χ1v) is 7.76. The lowest BCUT2D eigenvalue weighted by atomic mass is 10.0. The number of hydrogen-bond donors (Lipinski definition) is 3. The van der Waals surface area contributed by atoms with Gasteiger partial charge in [0.15, 0.2) is 11.5 Å². The van der Waals surface area contributed by atoms with Gasteiger partial charge in [-0.3, -0.25) is 9.78 Å². The van der Waals surface area contributed by atoms with E-state index in [1.807, 2.05) is 6.07 Å². The highest BCUT2D eigenvalue weighted by molar-refractivity contribution is 5.83. The van der Waals surface area contributed by atoms with Crippen LogP contribution in [0.25, 0.3) is 0 Å². The summed E-state index contributed by atoms with van der Waals surface area (Å²) in [6.07, 6.45) is 4.07. The number of carboxylic acids is 1. The van der Waals surface area contributed by atoms with E-state index >= 15 is 0 Å². The van der Waals surface area contributed by atoms with Crippen molar-refractivity contribution in [3.8, 4) is 11.5 Å². The van der Waals surface area contributed by atoms with Crippen molar-refractivity contribution in [2.24, 2.45) is 0 Å². The van der Waals surface area contributed by atoms with Crippen LogP contribution in [-0.4, -0.2) is 40.2 Å². The number of carbonyl (C=O) groups excluding carboxylic acids is 1. The molecule has 132 valence electrons. The summed E-state index contributed by atoms with van der Waals surface area (Å²) >= 11 is 0. The molecule has 1 aromatic carbocycles. The highest BCUT2D eigenvalue weighted by Gasteiger charge is 2.21. The SMILES string of the molecule is COc1cc(CC(NC(=O)CCc2cccnc2)C(=O)O)ccc1O. The van der Waals surface area contributed by atoms with E-state index in [1.165, 1.54) is 13.2 Å². The largest absolute Gasteiger partial charge is 0.504 e. The number of nitrogens with one attached hydrogen (secondary N) is 1. The Morgan fingerprint density at radius 1 is 1.28 bits per heavy atom. The standard InChI is InChI=1S/C18H20N2O5/c1-25-16-10-13(4-6-15(16)21)9-14(18(23)24)20-17(22)7-5-12-3-2-8-19-11-12/h2-4,6,8,10-11,14,21H,5,7,9H2,1H3,(H,20,22)(H,23,24). The van der Waals surface area contributed by atoms with Gasteiger partial charge in [0.05, 0.1) is 7.11 Å². The van der Waals surface area contributed by atoms with Gasteiger partial charge in [0.25, 0.3) is 0 Å². The smallest absolute Gasteiger partial charge is 0.326 e. The van der Waals surface area contributed by atoms with Crippen LogP contribution in [-0.2, 0) is 22.4 Å². The normalized spacial score (nSPS) is 11.6. The summed E-state index contributed by atoms with van der Waals surface area (Å²) in [7, 11) is 1.41. The highest BCUT2D eigenvalue weighted by Crippen LogP contribution is 2.26. The van der Waals surface area contributed by atoms with Gasteiger partial charge in [-0.2, -0.15) is 0 Å². The molecule has 0 bridgehead atoms. The number of aromatic hydroxyl groups is 1. The molecule has 1 atom stereocenters. The van der Waals surface area contributed by atoms with Crippen molar-refractivity contribution in [3.63, 3.8) is 0 Å². The number of ether oxygens (including phenoxy) is 1. The number of phenols is 1. The van der Waals surface area contributed by atoms with Crippen LogP contribution in [0.15, 0.2) is 42.7 Å². The summed E-state index contributed by atoms with van der Waals surface area (Å²) in [5.74, 6) is -1.24. The van der Waals surface area contributed by atoms with Crippen LogP contribution in [0.2, 0.25) is 0 Å². The Kier molecular flexibility index (Phi) is 6.33. The molecule has 0 aliphatic rings. The van der Waals surface area contributed by atoms with Crippen molar-refractivity contribution in [1.29, 1.82) is 0 Å². The minimum Gasteiger partial charge on any atom is -0.504 e. The zero-order valence-corrected chi connectivity index (χ0v) is 13.8. The average Bonchev–Trinajstić information content (AvgIpc) is 2.61. The van der Waals surface area contributed by atoms with E-state index in [1.54, 1.807) is 30.6 Å². The van der Waals surface area contributed by atoms with E-state index < -0.39 is 12.0 Å². The lowest BCUT2D eigenvalue weighted by Gasteiger charge is -2.15. The van der Waals surface area contributed by atoms with Crippen molar-refractivity contribution in [2.75, 3.05) is 7.11 Å². The van der Waals surface area contributed by atoms with Gasteiger partial charge in [-0.15, -0.1) is 0 Å². The van der Waals surface area contributed by atoms with Gasteiger partial charge in [-0.05, 0) is 35.7 Å². The molecule has 0 aliphatic carbocycles. The van der Waals surface area contributed by atoms with Crippen LogP contribution in [0.5, 0.6) is 11.5 Å². The second kappa shape index (κ2) is 8.68. The number of aromatic nitrogens is 1. The van der Waals surface area contributed by atoms with Gasteiger partial charge in [0.2, 0.25) is 5.91 Å². The molecular weight excluding hydrogens is 324 g/mol. The maximum Gasteiger partial charge on any atom is 0.326 e.